The van der Waals surface area contributed by atoms with Gasteiger partial charge in [0.25, 0.3) is 0 Å². The standard InChI is InChI=1S/C17H26N2O/c1-17(2,3)16(20)19-15-9-10-18-12-14(15)11-13-7-5-4-6-8-13/h9-10,12-13H,4-8,11H2,1-3H3,(H,18,19,20). The minimum Gasteiger partial charge on any atom is -0.325 e. The number of hydrogen-bond acceptors (Lipinski definition) is 2. The second kappa shape index (κ2) is 6.38. The monoisotopic (exact) mass is 274 g/mol. The summed E-state index contributed by atoms with van der Waals surface area (Å²) in [6, 6.07) is 1.92. The smallest absolute Gasteiger partial charge is 0.229 e. The highest BCUT2D eigenvalue weighted by atomic mass is 16.2. The first-order valence-corrected chi connectivity index (χ1v) is 7.71. The van der Waals surface area contributed by atoms with E-state index in [1.165, 1.54) is 37.7 Å². The summed E-state index contributed by atoms with van der Waals surface area (Å²) in [4.78, 5) is 16.4. The number of carbonyl (C=O) groups is 1. The second-order valence-corrected chi connectivity index (χ2v) is 6.95. The van der Waals surface area contributed by atoms with Gasteiger partial charge in [-0.1, -0.05) is 52.9 Å². The average Bonchev–Trinajstić information content (AvgIpc) is 2.41. The molecule has 3 nitrogen and oxygen atoms in total. The zero-order valence-corrected chi connectivity index (χ0v) is 12.9. The number of nitrogens with zero attached hydrogens (tertiary/aromatic N) is 1. The van der Waals surface area contributed by atoms with Gasteiger partial charge >= 0.3 is 0 Å². The van der Waals surface area contributed by atoms with Crippen molar-refractivity contribution in [3.8, 4) is 0 Å². The molecule has 0 aromatic carbocycles. The van der Waals surface area contributed by atoms with Gasteiger partial charge in [0.2, 0.25) is 5.91 Å². The molecule has 0 aliphatic heterocycles. The Bertz CT molecular complexity index is 456. The SMILES string of the molecule is CC(C)(C)C(=O)Nc1ccncc1CC1CCCCC1. The number of pyridine rings is 1. The highest BCUT2D eigenvalue weighted by Crippen LogP contribution is 2.29. The molecule has 1 fully saturated rings. The minimum atomic E-state index is -0.370. The summed E-state index contributed by atoms with van der Waals surface area (Å²) in [5.74, 6) is 0.812. The first kappa shape index (κ1) is 15.0. The fraction of sp³-hybridized carbons (Fsp3) is 0.647. The van der Waals surface area contributed by atoms with E-state index in [9.17, 15) is 4.79 Å². The zero-order chi connectivity index (χ0) is 14.6. The normalized spacial score (nSPS) is 16.9. The van der Waals surface area contributed by atoms with E-state index >= 15 is 0 Å². The Morgan fingerprint density at radius 3 is 2.65 bits per heavy atom. The number of hydrogen-bond donors (Lipinski definition) is 1. The Hall–Kier alpha value is -1.38. The van der Waals surface area contributed by atoms with Gasteiger partial charge in [-0.05, 0) is 24.0 Å². The molecule has 1 aliphatic rings. The Balaban J connectivity index is 2.07. The maximum atomic E-state index is 12.1. The molecule has 3 heteroatoms. The van der Waals surface area contributed by atoms with Gasteiger partial charge in [-0.25, -0.2) is 0 Å². The van der Waals surface area contributed by atoms with Crippen LogP contribution in [0.15, 0.2) is 18.5 Å². The van der Waals surface area contributed by atoms with Crippen molar-refractivity contribution in [2.45, 2.75) is 59.3 Å². The lowest BCUT2D eigenvalue weighted by atomic mass is 9.85. The van der Waals surface area contributed by atoms with Gasteiger partial charge in [0, 0.05) is 23.5 Å². The fourth-order valence-corrected chi connectivity index (χ4v) is 2.72. The number of aromatic nitrogens is 1. The number of anilines is 1. The van der Waals surface area contributed by atoms with Crippen LogP contribution in [0.3, 0.4) is 0 Å². The molecule has 1 heterocycles. The van der Waals surface area contributed by atoms with Crippen LogP contribution in [0.5, 0.6) is 0 Å². The van der Waals surface area contributed by atoms with Crippen molar-refractivity contribution in [2.75, 3.05) is 5.32 Å². The van der Waals surface area contributed by atoms with Crippen molar-refractivity contribution >= 4 is 11.6 Å². The van der Waals surface area contributed by atoms with E-state index in [1.807, 2.05) is 33.0 Å². The molecule has 0 radical (unpaired) electrons. The fourth-order valence-electron chi connectivity index (χ4n) is 2.72. The summed E-state index contributed by atoms with van der Waals surface area (Å²) in [5, 5.41) is 3.06. The quantitative estimate of drug-likeness (QED) is 0.898. The van der Waals surface area contributed by atoms with E-state index in [1.54, 1.807) is 6.20 Å². The van der Waals surface area contributed by atoms with Crippen molar-refractivity contribution in [3.63, 3.8) is 0 Å². The molecule has 0 bridgehead atoms. The molecule has 1 saturated carbocycles. The Morgan fingerprint density at radius 1 is 1.30 bits per heavy atom. The lowest BCUT2D eigenvalue weighted by molar-refractivity contribution is -0.123. The molecule has 1 aromatic rings. The third-order valence-corrected chi connectivity index (χ3v) is 4.07. The van der Waals surface area contributed by atoms with Crippen LogP contribution in [-0.2, 0) is 11.2 Å². The summed E-state index contributed by atoms with van der Waals surface area (Å²) in [5.41, 5.74) is 1.74. The number of rotatable bonds is 3. The van der Waals surface area contributed by atoms with E-state index in [-0.39, 0.29) is 11.3 Å². The number of nitrogens with one attached hydrogen (secondary N) is 1. The molecule has 0 spiro atoms. The van der Waals surface area contributed by atoms with Crippen molar-refractivity contribution < 1.29 is 4.79 Å². The number of carbonyl (C=O) groups excluding carboxylic acids is 1. The molecule has 20 heavy (non-hydrogen) atoms. The van der Waals surface area contributed by atoms with Crippen LogP contribution in [-0.4, -0.2) is 10.9 Å². The predicted molar refractivity (Wildman–Crippen MR) is 82.6 cm³/mol. The van der Waals surface area contributed by atoms with Gasteiger partial charge in [0.1, 0.15) is 0 Å². The third kappa shape index (κ3) is 4.06. The topological polar surface area (TPSA) is 42.0 Å². The summed E-state index contributed by atoms with van der Waals surface area (Å²) in [7, 11) is 0. The molecule has 1 N–H and O–H groups in total. The first-order valence-electron chi connectivity index (χ1n) is 7.71. The van der Waals surface area contributed by atoms with Gasteiger partial charge in [-0.15, -0.1) is 0 Å². The van der Waals surface area contributed by atoms with Crippen LogP contribution in [0.2, 0.25) is 0 Å². The van der Waals surface area contributed by atoms with E-state index in [0.29, 0.717) is 0 Å². The summed E-state index contributed by atoms with van der Waals surface area (Å²) < 4.78 is 0. The minimum absolute atomic E-state index is 0.0635. The lowest BCUT2D eigenvalue weighted by Gasteiger charge is -2.23. The molecule has 2 rings (SSSR count). The maximum absolute atomic E-state index is 12.1. The first-order chi connectivity index (χ1) is 9.47. The zero-order valence-electron chi connectivity index (χ0n) is 12.9. The molecule has 0 unspecified atom stereocenters. The van der Waals surface area contributed by atoms with E-state index in [2.05, 4.69) is 10.3 Å². The van der Waals surface area contributed by atoms with Gasteiger partial charge < -0.3 is 5.32 Å². The lowest BCUT2D eigenvalue weighted by Crippen LogP contribution is -2.28. The Kier molecular flexibility index (Phi) is 4.79. The molecule has 1 aliphatic carbocycles. The Morgan fingerprint density at radius 2 is 2.00 bits per heavy atom. The van der Waals surface area contributed by atoms with Crippen LogP contribution in [0, 0.1) is 11.3 Å². The molecule has 1 amide bonds. The van der Waals surface area contributed by atoms with E-state index in [0.717, 1.165) is 18.0 Å². The van der Waals surface area contributed by atoms with E-state index in [4.69, 9.17) is 0 Å². The summed E-state index contributed by atoms with van der Waals surface area (Å²) in [6.45, 7) is 5.80. The van der Waals surface area contributed by atoms with Crippen LogP contribution >= 0.6 is 0 Å². The summed E-state index contributed by atoms with van der Waals surface area (Å²) in [6.07, 6.45) is 11.4. The highest BCUT2D eigenvalue weighted by molar-refractivity contribution is 5.95. The molecular weight excluding hydrogens is 248 g/mol. The van der Waals surface area contributed by atoms with E-state index < -0.39 is 0 Å². The van der Waals surface area contributed by atoms with Crippen LogP contribution in [0.4, 0.5) is 5.69 Å². The van der Waals surface area contributed by atoms with Crippen LogP contribution < -0.4 is 5.32 Å². The average molecular weight is 274 g/mol. The largest absolute Gasteiger partial charge is 0.325 e. The molecule has 0 atom stereocenters. The van der Waals surface area contributed by atoms with Crippen molar-refractivity contribution in [3.05, 3.63) is 24.0 Å². The predicted octanol–water partition coefficient (Wildman–Crippen LogP) is 4.19. The molecule has 1 aromatic heterocycles. The van der Waals surface area contributed by atoms with Crippen molar-refractivity contribution in [1.82, 2.24) is 4.98 Å². The highest BCUT2D eigenvalue weighted by Gasteiger charge is 2.23. The Labute approximate surface area is 122 Å². The molecular formula is C17H26N2O. The number of amides is 1. The van der Waals surface area contributed by atoms with Crippen molar-refractivity contribution in [1.29, 1.82) is 0 Å². The van der Waals surface area contributed by atoms with Gasteiger partial charge in [-0.3, -0.25) is 9.78 Å². The van der Waals surface area contributed by atoms with Gasteiger partial charge in [-0.2, -0.15) is 0 Å². The van der Waals surface area contributed by atoms with Crippen molar-refractivity contribution in [2.24, 2.45) is 11.3 Å². The maximum Gasteiger partial charge on any atom is 0.229 e. The second-order valence-electron chi connectivity index (χ2n) is 6.95. The van der Waals surface area contributed by atoms with Crippen LogP contribution in [0.1, 0.15) is 58.4 Å². The summed E-state index contributed by atoms with van der Waals surface area (Å²) >= 11 is 0. The molecule has 110 valence electrons. The molecule has 0 saturated heterocycles. The van der Waals surface area contributed by atoms with Gasteiger partial charge in [0.05, 0.1) is 0 Å². The third-order valence-electron chi connectivity index (χ3n) is 4.07. The van der Waals surface area contributed by atoms with Crippen LogP contribution in [0.25, 0.3) is 0 Å². The van der Waals surface area contributed by atoms with Gasteiger partial charge in [0.15, 0.2) is 0 Å².